The zero-order valence-electron chi connectivity index (χ0n) is 11.8. The van der Waals surface area contributed by atoms with Gasteiger partial charge in [0.15, 0.2) is 11.5 Å². The fourth-order valence-corrected chi connectivity index (χ4v) is 2.76. The minimum Gasteiger partial charge on any atom is -0.337 e. The SMILES string of the molecule is Cc1cccc(Cl)c1Nc1nc2ncccc2n2cncc12. The normalized spacial score (nSPS) is 11.2. The van der Waals surface area contributed by atoms with Gasteiger partial charge in [-0.1, -0.05) is 23.7 Å². The van der Waals surface area contributed by atoms with Crippen LogP contribution in [-0.4, -0.2) is 19.4 Å². The van der Waals surface area contributed by atoms with Crippen molar-refractivity contribution in [1.82, 2.24) is 19.4 Å². The van der Waals surface area contributed by atoms with E-state index in [0.29, 0.717) is 16.5 Å². The van der Waals surface area contributed by atoms with Crippen molar-refractivity contribution in [3.05, 3.63) is 59.6 Å². The molecule has 0 aliphatic rings. The number of aromatic nitrogens is 4. The molecule has 6 heteroatoms. The highest BCUT2D eigenvalue weighted by Crippen LogP contribution is 2.30. The molecule has 0 spiro atoms. The van der Waals surface area contributed by atoms with Gasteiger partial charge in [0.1, 0.15) is 5.52 Å². The fourth-order valence-electron chi connectivity index (χ4n) is 2.49. The number of hydrogen-bond donors (Lipinski definition) is 1. The number of rotatable bonds is 2. The second-order valence-corrected chi connectivity index (χ2v) is 5.42. The zero-order chi connectivity index (χ0) is 15.1. The quantitative estimate of drug-likeness (QED) is 0.608. The van der Waals surface area contributed by atoms with Crippen LogP contribution >= 0.6 is 11.6 Å². The predicted octanol–water partition coefficient (Wildman–Crippen LogP) is 3.98. The van der Waals surface area contributed by atoms with Crippen molar-refractivity contribution >= 4 is 39.8 Å². The summed E-state index contributed by atoms with van der Waals surface area (Å²) < 4.78 is 1.96. The summed E-state index contributed by atoms with van der Waals surface area (Å²) in [6, 6.07) is 9.63. The monoisotopic (exact) mass is 309 g/mol. The highest BCUT2D eigenvalue weighted by molar-refractivity contribution is 6.33. The van der Waals surface area contributed by atoms with Gasteiger partial charge in [0.25, 0.3) is 0 Å². The molecule has 0 atom stereocenters. The molecule has 0 unspecified atom stereocenters. The number of benzene rings is 1. The van der Waals surface area contributed by atoms with Gasteiger partial charge in [0.2, 0.25) is 0 Å². The van der Waals surface area contributed by atoms with Crippen LogP contribution < -0.4 is 5.32 Å². The van der Waals surface area contributed by atoms with Crippen LogP contribution in [0.25, 0.3) is 16.7 Å². The molecule has 22 heavy (non-hydrogen) atoms. The van der Waals surface area contributed by atoms with E-state index >= 15 is 0 Å². The van der Waals surface area contributed by atoms with Gasteiger partial charge in [-0.05, 0) is 30.7 Å². The summed E-state index contributed by atoms with van der Waals surface area (Å²) in [7, 11) is 0. The highest BCUT2D eigenvalue weighted by Gasteiger charge is 2.12. The zero-order valence-corrected chi connectivity index (χ0v) is 12.5. The molecule has 1 aromatic carbocycles. The summed E-state index contributed by atoms with van der Waals surface area (Å²) in [5, 5.41) is 3.97. The number of halogens is 1. The van der Waals surface area contributed by atoms with Crippen LogP contribution in [-0.2, 0) is 0 Å². The van der Waals surface area contributed by atoms with Crippen LogP contribution in [0.15, 0.2) is 49.1 Å². The van der Waals surface area contributed by atoms with Gasteiger partial charge >= 0.3 is 0 Å². The van der Waals surface area contributed by atoms with Crippen molar-refractivity contribution in [2.75, 3.05) is 5.32 Å². The van der Waals surface area contributed by atoms with Crippen molar-refractivity contribution in [1.29, 1.82) is 0 Å². The average molecular weight is 310 g/mol. The van der Waals surface area contributed by atoms with Gasteiger partial charge in [-0.25, -0.2) is 15.0 Å². The topological polar surface area (TPSA) is 55.1 Å². The Morgan fingerprint density at radius 2 is 2.05 bits per heavy atom. The van der Waals surface area contributed by atoms with Crippen molar-refractivity contribution in [3.8, 4) is 0 Å². The molecule has 5 nitrogen and oxygen atoms in total. The molecule has 3 heterocycles. The van der Waals surface area contributed by atoms with Crippen LogP contribution in [0.2, 0.25) is 5.02 Å². The van der Waals surface area contributed by atoms with Crippen LogP contribution in [0.4, 0.5) is 11.5 Å². The Balaban J connectivity index is 1.96. The Morgan fingerprint density at radius 1 is 1.14 bits per heavy atom. The first-order valence-electron chi connectivity index (χ1n) is 6.83. The Hall–Kier alpha value is -2.66. The number of pyridine rings is 1. The molecule has 0 amide bonds. The summed E-state index contributed by atoms with van der Waals surface area (Å²) >= 11 is 6.29. The third kappa shape index (κ3) is 1.98. The molecule has 0 bridgehead atoms. The van der Waals surface area contributed by atoms with Crippen molar-refractivity contribution < 1.29 is 0 Å². The van der Waals surface area contributed by atoms with Crippen molar-refractivity contribution in [2.45, 2.75) is 6.92 Å². The van der Waals surface area contributed by atoms with Gasteiger partial charge in [-0.15, -0.1) is 0 Å². The molecule has 4 rings (SSSR count). The van der Waals surface area contributed by atoms with E-state index in [0.717, 1.165) is 22.3 Å². The lowest BCUT2D eigenvalue weighted by Gasteiger charge is -2.12. The average Bonchev–Trinajstić information content (AvgIpc) is 3.01. The number of nitrogens with one attached hydrogen (secondary N) is 1. The van der Waals surface area contributed by atoms with Gasteiger partial charge < -0.3 is 5.32 Å². The van der Waals surface area contributed by atoms with E-state index in [1.165, 1.54) is 0 Å². The molecule has 0 saturated heterocycles. The smallest absolute Gasteiger partial charge is 0.178 e. The summed E-state index contributed by atoms with van der Waals surface area (Å²) in [4.78, 5) is 13.2. The van der Waals surface area contributed by atoms with E-state index in [4.69, 9.17) is 11.6 Å². The largest absolute Gasteiger partial charge is 0.337 e. The molecule has 4 aromatic rings. The second kappa shape index (κ2) is 4.96. The van der Waals surface area contributed by atoms with Crippen LogP contribution in [0.5, 0.6) is 0 Å². The number of fused-ring (bicyclic) bond motifs is 3. The van der Waals surface area contributed by atoms with Crippen LogP contribution in [0, 0.1) is 6.92 Å². The van der Waals surface area contributed by atoms with Gasteiger partial charge in [-0.3, -0.25) is 4.40 Å². The van der Waals surface area contributed by atoms with E-state index in [9.17, 15) is 0 Å². The predicted molar refractivity (Wildman–Crippen MR) is 87.8 cm³/mol. The second-order valence-electron chi connectivity index (χ2n) is 5.01. The Bertz CT molecular complexity index is 972. The summed E-state index contributed by atoms with van der Waals surface area (Å²) in [6.45, 7) is 2.00. The Kier molecular flexibility index (Phi) is 2.94. The maximum atomic E-state index is 6.29. The number of anilines is 2. The molecule has 108 valence electrons. The maximum Gasteiger partial charge on any atom is 0.178 e. The molecule has 3 aromatic heterocycles. The third-order valence-electron chi connectivity index (χ3n) is 3.59. The third-order valence-corrected chi connectivity index (χ3v) is 3.90. The first kappa shape index (κ1) is 13.0. The number of para-hydroxylation sites is 1. The molecule has 0 radical (unpaired) electrons. The van der Waals surface area contributed by atoms with E-state index < -0.39 is 0 Å². The molecular formula is C16H12ClN5. The first-order chi connectivity index (χ1) is 10.7. The molecule has 1 N–H and O–H groups in total. The minimum absolute atomic E-state index is 0.653. The highest BCUT2D eigenvalue weighted by atomic mass is 35.5. The van der Waals surface area contributed by atoms with Gasteiger partial charge in [0.05, 0.1) is 28.8 Å². The summed E-state index contributed by atoms with van der Waals surface area (Å²) in [6.07, 6.45) is 5.25. The molecular weight excluding hydrogens is 298 g/mol. The van der Waals surface area contributed by atoms with Gasteiger partial charge in [-0.2, -0.15) is 0 Å². The van der Waals surface area contributed by atoms with Crippen LogP contribution in [0.1, 0.15) is 5.56 Å². The Morgan fingerprint density at radius 3 is 2.91 bits per heavy atom. The van der Waals surface area contributed by atoms with Crippen molar-refractivity contribution in [3.63, 3.8) is 0 Å². The number of hydrogen-bond acceptors (Lipinski definition) is 4. The van der Waals surface area contributed by atoms with Crippen molar-refractivity contribution in [2.24, 2.45) is 0 Å². The summed E-state index contributed by atoms with van der Waals surface area (Å²) in [5.74, 6) is 0.680. The number of imidazole rings is 1. The number of nitrogens with zero attached hydrogens (tertiary/aromatic N) is 4. The minimum atomic E-state index is 0.653. The lowest BCUT2D eigenvalue weighted by atomic mass is 10.2. The van der Waals surface area contributed by atoms with Crippen LogP contribution in [0.3, 0.4) is 0 Å². The molecule has 0 saturated carbocycles. The fraction of sp³-hybridized carbons (Fsp3) is 0.0625. The standard InChI is InChI=1S/C16H12ClN5/c1-10-4-2-5-11(17)14(10)20-16-13-8-18-9-22(13)12-6-3-7-19-15(12)21-16/h2-9H,1H3,(H,19,20,21). The summed E-state index contributed by atoms with van der Waals surface area (Å²) in [5.41, 5.74) is 4.33. The van der Waals surface area contributed by atoms with E-state index in [1.807, 2.05) is 41.7 Å². The molecule has 0 aliphatic heterocycles. The maximum absolute atomic E-state index is 6.29. The lowest BCUT2D eigenvalue weighted by Crippen LogP contribution is -2.01. The number of aryl methyl sites for hydroxylation is 1. The van der Waals surface area contributed by atoms with Gasteiger partial charge in [0, 0.05) is 6.20 Å². The lowest BCUT2D eigenvalue weighted by molar-refractivity contribution is 1.16. The van der Waals surface area contributed by atoms with E-state index in [-0.39, 0.29) is 0 Å². The van der Waals surface area contributed by atoms with E-state index in [1.54, 1.807) is 18.7 Å². The Labute approximate surface area is 131 Å². The first-order valence-corrected chi connectivity index (χ1v) is 7.21. The molecule has 0 aliphatic carbocycles. The van der Waals surface area contributed by atoms with E-state index in [2.05, 4.69) is 20.3 Å². The molecule has 0 fully saturated rings.